The highest BCUT2D eigenvalue weighted by molar-refractivity contribution is 5.69. The second kappa shape index (κ2) is 7.53. The fraction of sp³-hybridized carbons (Fsp3) is 0.316. The molecule has 1 saturated heterocycles. The first kappa shape index (κ1) is 16.5. The number of nitrogens with two attached hydrogens (primary N) is 1. The van der Waals surface area contributed by atoms with Crippen molar-refractivity contribution in [1.29, 1.82) is 0 Å². The average molecular weight is 349 g/mol. The molecule has 3 aromatic rings. The molecule has 7 heteroatoms. The standard InChI is InChI=1S/C19H23N7/c20-17-18(21-14-22-19(17)26-10-4-9-23-26)24-16-7-11-25(12-8-16)13-15-5-2-1-3-6-15/h1-6,9-10,14,16H,7-8,11-13,20H2,(H,21,22,24). The van der Waals surface area contributed by atoms with Crippen LogP contribution >= 0.6 is 0 Å². The van der Waals surface area contributed by atoms with E-state index in [1.807, 2.05) is 12.3 Å². The van der Waals surface area contributed by atoms with Gasteiger partial charge in [-0.25, -0.2) is 14.6 Å². The zero-order chi connectivity index (χ0) is 17.8. The molecule has 1 fully saturated rings. The van der Waals surface area contributed by atoms with E-state index in [9.17, 15) is 0 Å². The van der Waals surface area contributed by atoms with Gasteiger partial charge in [-0.3, -0.25) is 4.90 Å². The van der Waals surface area contributed by atoms with Gasteiger partial charge in [0.2, 0.25) is 0 Å². The van der Waals surface area contributed by atoms with Crippen LogP contribution in [0, 0.1) is 0 Å². The van der Waals surface area contributed by atoms with Crippen LogP contribution < -0.4 is 11.1 Å². The molecular weight excluding hydrogens is 326 g/mol. The van der Waals surface area contributed by atoms with Gasteiger partial charge in [-0.15, -0.1) is 0 Å². The molecule has 0 unspecified atom stereocenters. The van der Waals surface area contributed by atoms with Crippen molar-refractivity contribution in [1.82, 2.24) is 24.6 Å². The van der Waals surface area contributed by atoms with Gasteiger partial charge in [-0.2, -0.15) is 5.10 Å². The number of hydrogen-bond donors (Lipinski definition) is 2. The normalized spacial score (nSPS) is 15.8. The summed E-state index contributed by atoms with van der Waals surface area (Å²) in [5, 5.41) is 7.69. The van der Waals surface area contributed by atoms with Crippen LogP contribution in [0.3, 0.4) is 0 Å². The minimum Gasteiger partial charge on any atom is -0.393 e. The lowest BCUT2D eigenvalue weighted by molar-refractivity contribution is 0.211. The van der Waals surface area contributed by atoms with Gasteiger partial charge < -0.3 is 11.1 Å². The van der Waals surface area contributed by atoms with Crippen molar-refractivity contribution in [3.63, 3.8) is 0 Å². The third kappa shape index (κ3) is 3.67. The molecule has 0 spiro atoms. The topological polar surface area (TPSA) is 84.9 Å². The molecule has 2 aromatic heterocycles. The maximum absolute atomic E-state index is 6.26. The van der Waals surface area contributed by atoms with Gasteiger partial charge in [0.15, 0.2) is 11.6 Å². The summed E-state index contributed by atoms with van der Waals surface area (Å²) in [4.78, 5) is 11.1. The Bertz CT molecular complexity index is 824. The Morgan fingerprint density at radius 2 is 1.88 bits per heavy atom. The molecule has 0 aliphatic carbocycles. The molecule has 0 bridgehead atoms. The summed E-state index contributed by atoms with van der Waals surface area (Å²) >= 11 is 0. The Balaban J connectivity index is 1.37. The molecule has 1 aliphatic rings. The van der Waals surface area contributed by atoms with E-state index >= 15 is 0 Å². The quantitative estimate of drug-likeness (QED) is 0.735. The number of hydrogen-bond acceptors (Lipinski definition) is 6. The molecule has 4 rings (SSSR count). The molecule has 26 heavy (non-hydrogen) atoms. The lowest BCUT2D eigenvalue weighted by Crippen LogP contribution is -2.39. The number of piperidine rings is 1. The molecule has 1 aliphatic heterocycles. The summed E-state index contributed by atoms with van der Waals surface area (Å²) in [5.74, 6) is 1.29. The van der Waals surface area contributed by atoms with Crippen molar-refractivity contribution in [2.75, 3.05) is 24.1 Å². The zero-order valence-electron chi connectivity index (χ0n) is 14.6. The van der Waals surface area contributed by atoms with Crippen LogP contribution in [-0.2, 0) is 6.54 Å². The zero-order valence-corrected chi connectivity index (χ0v) is 14.6. The van der Waals surface area contributed by atoms with E-state index in [-0.39, 0.29) is 0 Å². The predicted octanol–water partition coefficient (Wildman–Crippen LogP) is 2.32. The Morgan fingerprint density at radius 1 is 1.08 bits per heavy atom. The highest BCUT2D eigenvalue weighted by Gasteiger charge is 2.21. The fourth-order valence-corrected chi connectivity index (χ4v) is 3.35. The molecule has 0 radical (unpaired) electrons. The Kier molecular flexibility index (Phi) is 4.79. The van der Waals surface area contributed by atoms with E-state index < -0.39 is 0 Å². The summed E-state index contributed by atoms with van der Waals surface area (Å²) in [6.45, 7) is 3.12. The molecule has 1 aromatic carbocycles. The Hall–Kier alpha value is -2.93. The SMILES string of the molecule is Nc1c(NC2CCN(Cc3ccccc3)CC2)ncnc1-n1cccn1. The molecule has 0 amide bonds. The van der Waals surface area contributed by atoms with Gasteiger partial charge in [0.05, 0.1) is 0 Å². The van der Waals surface area contributed by atoms with E-state index in [0.29, 0.717) is 23.4 Å². The molecule has 0 saturated carbocycles. The van der Waals surface area contributed by atoms with Crippen LogP contribution in [0.1, 0.15) is 18.4 Å². The first-order valence-electron chi connectivity index (χ1n) is 8.93. The highest BCUT2D eigenvalue weighted by Crippen LogP contribution is 2.24. The van der Waals surface area contributed by atoms with Crippen LogP contribution in [0.4, 0.5) is 11.5 Å². The van der Waals surface area contributed by atoms with Crippen LogP contribution in [-0.4, -0.2) is 43.8 Å². The van der Waals surface area contributed by atoms with Crippen LogP contribution in [0.15, 0.2) is 55.1 Å². The second-order valence-corrected chi connectivity index (χ2v) is 6.59. The molecule has 134 valence electrons. The van der Waals surface area contributed by atoms with Gasteiger partial charge >= 0.3 is 0 Å². The lowest BCUT2D eigenvalue weighted by Gasteiger charge is -2.32. The van der Waals surface area contributed by atoms with Gasteiger partial charge in [-0.1, -0.05) is 30.3 Å². The molecule has 3 N–H and O–H groups in total. The van der Waals surface area contributed by atoms with Crippen molar-refractivity contribution in [2.45, 2.75) is 25.4 Å². The van der Waals surface area contributed by atoms with Crippen LogP contribution in [0.5, 0.6) is 0 Å². The maximum atomic E-state index is 6.26. The summed E-state index contributed by atoms with van der Waals surface area (Å²) in [6.07, 6.45) is 7.18. The molecule has 0 atom stereocenters. The number of nitrogens with zero attached hydrogens (tertiary/aromatic N) is 5. The third-order valence-corrected chi connectivity index (χ3v) is 4.76. The summed E-state index contributed by atoms with van der Waals surface area (Å²) in [7, 11) is 0. The summed E-state index contributed by atoms with van der Waals surface area (Å²) < 4.78 is 1.66. The monoisotopic (exact) mass is 349 g/mol. The van der Waals surface area contributed by atoms with E-state index in [0.717, 1.165) is 32.5 Å². The lowest BCUT2D eigenvalue weighted by atomic mass is 10.0. The first-order chi connectivity index (χ1) is 12.8. The molecule has 3 heterocycles. The van der Waals surface area contributed by atoms with Crippen molar-refractivity contribution in [2.24, 2.45) is 0 Å². The number of anilines is 2. The Labute approximate surface area is 152 Å². The Morgan fingerprint density at radius 3 is 2.62 bits per heavy atom. The largest absolute Gasteiger partial charge is 0.393 e. The maximum Gasteiger partial charge on any atom is 0.181 e. The minimum atomic E-state index is 0.365. The van der Waals surface area contributed by atoms with E-state index in [2.05, 4.69) is 55.6 Å². The highest BCUT2D eigenvalue weighted by atomic mass is 15.3. The first-order valence-corrected chi connectivity index (χ1v) is 8.93. The van der Waals surface area contributed by atoms with Crippen molar-refractivity contribution < 1.29 is 0 Å². The number of nitrogens with one attached hydrogen (secondary N) is 1. The number of likely N-dealkylation sites (tertiary alicyclic amines) is 1. The van der Waals surface area contributed by atoms with E-state index in [1.165, 1.54) is 11.9 Å². The minimum absolute atomic E-state index is 0.365. The van der Waals surface area contributed by atoms with Gasteiger partial charge in [0, 0.05) is 38.1 Å². The van der Waals surface area contributed by atoms with Gasteiger partial charge in [0.1, 0.15) is 12.0 Å². The summed E-state index contributed by atoms with van der Waals surface area (Å²) in [6, 6.07) is 12.8. The van der Waals surface area contributed by atoms with Gasteiger partial charge in [0.25, 0.3) is 0 Å². The fourth-order valence-electron chi connectivity index (χ4n) is 3.35. The number of aromatic nitrogens is 4. The smallest absolute Gasteiger partial charge is 0.181 e. The third-order valence-electron chi connectivity index (χ3n) is 4.76. The predicted molar refractivity (Wildman–Crippen MR) is 102 cm³/mol. The van der Waals surface area contributed by atoms with Gasteiger partial charge in [-0.05, 0) is 24.5 Å². The summed E-state index contributed by atoms with van der Waals surface area (Å²) in [5.41, 5.74) is 8.16. The number of rotatable bonds is 5. The second-order valence-electron chi connectivity index (χ2n) is 6.59. The number of benzene rings is 1. The molecular formula is C19H23N7. The van der Waals surface area contributed by atoms with Crippen molar-refractivity contribution in [3.05, 3.63) is 60.7 Å². The van der Waals surface area contributed by atoms with Crippen LogP contribution in [0.25, 0.3) is 5.82 Å². The number of nitrogen functional groups attached to an aromatic ring is 1. The van der Waals surface area contributed by atoms with E-state index in [4.69, 9.17) is 5.73 Å². The molecule has 7 nitrogen and oxygen atoms in total. The van der Waals surface area contributed by atoms with E-state index in [1.54, 1.807) is 10.9 Å². The van der Waals surface area contributed by atoms with Crippen molar-refractivity contribution >= 4 is 11.5 Å². The van der Waals surface area contributed by atoms with Crippen LogP contribution in [0.2, 0.25) is 0 Å². The van der Waals surface area contributed by atoms with Crippen molar-refractivity contribution in [3.8, 4) is 5.82 Å². The average Bonchev–Trinajstić information content (AvgIpc) is 3.20.